The maximum Gasteiger partial charge on any atom is 0.250 e. The number of fused-ring (bicyclic) bond motifs is 1. The van der Waals surface area contributed by atoms with Crippen molar-refractivity contribution in [3.05, 3.63) is 76.9 Å². The molecule has 1 aliphatic carbocycles. The molecular weight excluding hydrogens is 426 g/mol. The average Bonchev–Trinajstić information content (AvgIpc) is 3.30. The number of likely N-dealkylation sites (tertiary alicyclic amines) is 1. The van der Waals surface area contributed by atoms with Crippen LogP contribution in [0.5, 0.6) is 11.5 Å². The Kier molecular flexibility index (Phi) is 6.14. The summed E-state index contributed by atoms with van der Waals surface area (Å²) in [5.74, 6) is 1.74. The molecule has 3 aromatic rings. The van der Waals surface area contributed by atoms with Gasteiger partial charge < -0.3 is 18.9 Å². The number of amides is 1. The van der Waals surface area contributed by atoms with Gasteiger partial charge in [-0.2, -0.15) is 0 Å². The van der Waals surface area contributed by atoms with Crippen LogP contribution in [0.25, 0.3) is 11.8 Å². The minimum atomic E-state index is 0.108. The molecule has 0 saturated carbocycles. The molecule has 176 valence electrons. The molecular formula is C28H31N3O3. The van der Waals surface area contributed by atoms with E-state index in [1.165, 1.54) is 11.1 Å². The van der Waals surface area contributed by atoms with Crippen molar-refractivity contribution in [2.45, 2.75) is 45.1 Å². The summed E-state index contributed by atoms with van der Waals surface area (Å²) in [6, 6.07) is 12.4. The summed E-state index contributed by atoms with van der Waals surface area (Å²) in [6.07, 6.45) is 10.7. The van der Waals surface area contributed by atoms with E-state index in [1.807, 2.05) is 48.0 Å². The largest absolute Gasteiger partial charge is 0.497 e. The molecule has 6 heteroatoms. The van der Waals surface area contributed by atoms with Gasteiger partial charge in [-0.1, -0.05) is 12.1 Å². The maximum absolute atomic E-state index is 13.6. The van der Waals surface area contributed by atoms with E-state index < -0.39 is 0 Å². The van der Waals surface area contributed by atoms with Gasteiger partial charge in [-0.25, -0.2) is 4.98 Å². The molecule has 0 N–H and O–H groups in total. The first-order valence-electron chi connectivity index (χ1n) is 11.9. The Morgan fingerprint density at radius 2 is 1.94 bits per heavy atom. The summed E-state index contributed by atoms with van der Waals surface area (Å²) in [4.78, 5) is 20.0. The van der Waals surface area contributed by atoms with Gasteiger partial charge in [0.25, 0.3) is 0 Å². The van der Waals surface area contributed by atoms with E-state index >= 15 is 0 Å². The summed E-state index contributed by atoms with van der Waals surface area (Å²) in [6.45, 7) is 2.75. The first-order chi connectivity index (χ1) is 16.6. The van der Waals surface area contributed by atoms with Gasteiger partial charge in [0.05, 0.1) is 38.0 Å². The van der Waals surface area contributed by atoms with Gasteiger partial charge in [0.1, 0.15) is 11.5 Å². The average molecular weight is 458 g/mol. The van der Waals surface area contributed by atoms with Crippen LogP contribution in [0.2, 0.25) is 0 Å². The Hall–Kier alpha value is -3.54. The molecule has 1 amide bonds. The number of aromatic nitrogens is 2. The van der Waals surface area contributed by atoms with Crippen LogP contribution >= 0.6 is 0 Å². The highest BCUT2D eigenvalue weighted by Gasteiger charge is 2.33. The molecule has 1 atom stereocenters. The van der Waals surface area contributed by atoms with Crippen LogP contribution in [0.4, 0.5) is 0 Å². The van der Waals surface area contributed by atoms with Crippen LogP contribution in [-0.2, 0) is 11.2 Å². The quantitative estimate of drug-likeness (QED) is 0.489. The first kappa shape index (κ1) is 22.3. The monoisotopic (exact) mass is 457 g/mol. The second-order valence-corrected chi connectivity index (χ2v) is 9.10. The van der Waals surface area contributed by atoms with E-state index in [9.17, 15) is 4.79 Å². The number of hydrogen-bond acceptors (Lipinski definition) is 4. The summed E-state index contributed by atoms with van der Waals surface area (Å²) in [7, 11) is 3.36. The molecule has 6 nitrogen and oxygen atoms in total. The molecule has 1 aromatic heterocycles. The molecule has 2 heterocycles. The minimum absolute atomic E-state index is 0.108. The van der Waals surface area contributed by atoms with E-state index in [0.717, 1.165) is 72.7 Å². The first-order valence-corrected chi connectivity index (χ1v) is 11.9. The Morgan fingerprint density at radius 3 is 2.71 bits per heavy atom. The zero-order valence-corrected chi connectivity index (χ0v) is 20.1. The number of ether oxygens (including phenoxy) is 2. The molecule has 2 aromatic carbocycles. The fourth-order valence-electron chi connectivity index (χ4n) is 5.22. The van der Waals surface area contributed by atoms with Crippen LogP contribution in [-0.4, -0.2) is 41.1 Å². The van der Waals surface area contributed by atoms with Crippen LogP contribution in [0, 0.1) is 6.92 Å². The van der Waals surface area contributed by atoms with Crippen molar-refractivity contribution in [1.82, 2.24) is 14.5 Å². The van der Waals surface area contributed by atoms with E-state index in [2.05, 4.69) is 22.0 Å². The van der Waals surface area contributed by atoms with Crippen LogP contribution in [0.15, 0.2) is 54.5 Å². The number of nitrogens with zero attached hydrogens (tertiary/aromatic N) is 3. The smallest absolute Gasteiger partial charge is 0.250 e. The molecule has 5 rings (SSSR count). The number of imidazole rings is 1. The van der Waals surface area contributed by atoms with Crippen molar-refractivity contribution in [1.29, 1.82) is 0 Å². The van der Waals surface area contributed by atoms with Crippen molar-refractivity contribution in [2.24, 2.45) is 0 Å². The lowest BCUT2D eigenvalue weighted by atomic mass is 9.85. The van der Waals surface area contributed by atoms with Crippen molar-refractivity contribution in [3.8, 4) is 17.2 Å². The zero-order valence-electron chi connectivity index (χ0n) is 20.1. The molecule has 2 aliphatic rings. The van der Waals surface area contributed by atoms with E-state index in [0.29, 0.717) is 0 Å². The van der Waals surface area contributed by atoms with Crippen LogP contribution in [0.1, 0.15) is 54.1 Å². The second-order valence-electron chi connectivity index (χ2n) is 9.10. The number of rotatable bonds is 5. The molecule has 34 heavy (non-hydrogen) atoms. The number of carbonyl (C=O) groups excluding carboxylic acids is 1. The number of piperidine rings is 1. The van der Waals surface area contributed by atoms with Crippen molar-refractivity contribution in [2.75, 3.05) is 20.8 Å². The predicted molar refractivity (Wildman–Crippen MR) is 132 cm³/mol. The Labute approximate surface area is 200 Å². The molecule has 1 saturated heterocycles. The van der Waals surface area contributed by atoms with Crippen LogP contribution in [0.3, 0.4) is 0 Å². The third-order valence-electron chi connectivity index (χ3n) is 6.93. The molecule has 0 unspecified atom stereocenters. The van der Waals surface area contributed by atoms with E-state index in [1.54, 1.807) is 20.5 Å². The standard InChI is InChI=1S/C28H31N3O3/c1-19-17-30(18-29-19)26-12-9-20(15-27(26)34-3)14-22-7-5-13-31(28(22)32)25-8-4-6-21-10-11-23(33-2)16-24(21)25/h9-12,14-18,25H,4-8,13H2,1-3H3/t25-/m1/s1. The van der Waals surface area contributed by atoms with Crippen LogP contribution < -0.4 is 9.47 Å². The normalized spacial score (nSPS) is 19.3. The lowest BCUT2D eigenvalue weighted by Gasteiger charge is -2.39. The van der Waals surface area contributed by atoms with Gasteiger partial charge in [0, 0.05) is 18.3 Å². The number of aryl methyl sites for hydroxylation is 2. The summed E-state index contributed by atoms with van der Waals surface area (Å²) < 4.78 is 13.1. The number of carbonyl (C=O) groups is 1. The Morgan fingerprint density at radius 1 is 1.06 bits per heavy atom. The van der Waals surface area contributed by atoms with Gasteiger partial charge >= 0.3 is 0 Å². The highest BCUT2D eigenvalue weighted by atomic mass is 16.5. The third kappa shape index (κ3) is 4.20. The zero-order chi connectivity index (χ0) is 23.7. The Balaban J connectivity index is 1.43. The molecule has 1 fully saturated rings. The van der Waals surface area contributed by atoms with E-state index in [4.69, 9.17) is 9.47 Å². The number of hydrogen-bond donors (Lipinski definition) is 0. The summed E-state index contributed by atoms with van der Waals surface area (Å²) >= 11 is 0. The van der Waals surface area contributed by atoms with Crippen molar-refractivity contribution in [3.63, 3.8) is 0 Å². The third-order valence-corrected chi connectivity index (χ3v) is 6.93. The van der Waals surface area contributed by atoms with Crippen molar-refractivity contribution < 1.29 is 14.3 Å². The minimum Gasteiger partial charge on any atom is -0.497 e. The fourth-order valence-corrected chi connectivity index (χ4v) is 5.22. The van der Waals surface area contributed by atoms with Gasteiger partial charge in [-0.15, -0.1) is 0 Å². The molecule has 0 bridgehead atoms. The number of benzene rings is 2. The SMILES string of the molecule is COc1ccc2c(c1)[C@H](N1CCCC(=Cc3ccc(-n4cnc(C)c4)c(OC)c3)C1=O)CCC2. The lowest BCUT2D eigenvalue weighted by Crippen LogP contribution is -2.41. The maximum atomic E-state index is 13.6. The lowest BCUT2D eigenvalue weighted by molar-refractivity contribution is -0.131. The van der Waals surface area contributed by atoms with Gasteiger partial charge in [0.2, 0.25) is 5.91 Å². The summed E-state index contributed by atoms with van der Waals surface area (Å²) in [5, 5.41) is 0. The Bertz CT molecular complexity index is 1240. The van der Waals surface area contributed by atoms with Crippen molar-refractivity contribution >= 4 is 12.0 Å². The molecule has 0 spiro atoms. The highest BCUT2D eigenvalue weighted by Crippen LogP contribution is 2.39. The van der Waals surface area contributed by atoms with Gasteiger partial charge in [0.15, 0.2) is 0 Å². The topological polar surface area (TPSA) is 56.6 Å². The predicted octanol–water partition coefficient (Wildman–Crippen LogP) is 5.28. The molecule has 0 radical (unpaired) electrons. The van der Waals surface area contributed by atoms with Gasteiger partial charge in [-0.05, 0) is 86.1 Å². The van der Waals surface area contributed by atoms with Gasteiger partial charge in [-0.3, -0.25) is 4.79 Å². The second kappa shape index (κ2) is 9.37. The fraction of sp³-hybridized carbons (Fsp3) is 0.357. The number of methoxy groups -OCH3 is 2. The highest BCUT2D eigenvalue weighted by molar-refractivity contribution is 5.99. The van der Waals surface area contributed by atoms with E-state index in [-0.39, 0.29) is 11.9 Å². The summed E-state index contributed by atoms with van der Waals surface area (Å²) in [5.41, 5.74) is 6.26. The molecule has 1 aliphatic heterocycles.